The number of urea groups is 1. The first-order valence-electron chi connectivity index (χ1n) is 8.58. The van der Waals surface area contributed by atoms with Crippen molar-refractivity contribution in [1.82, 2.24) is 20.2 Å². The van der Waals surface area contributed by atoms with Gasteiger partial charge in [0, 0.05) is 13.1 Å². The highest BCUT2D eigenvalue weighted by atomic mass is 16.2. The number of hydrogen-bond acceptors (Lipinski definition) is 3. The molecule has 0 aliphatic heterocycles. The number of aromatic nitrogens is 2. The van der Waals surface area contributed by atoms with Crippen LogP contribution in [0.1, 0.15) is 50.9 Å². The van der Waals surface area contributed by atoms with Crippen LogP contribution in [0.15, 0.2) is 29.1 Å². The fourth-order valence-corrected chi connectivity index (χ4v) is 3.19. The van der Waals surface area contributed by atoms with Gasteiger partial charge in [-0.2, -0.15) is 0 Å². The van der Waals surface area contributed by atoms with Crippen molar-refractivity contribution in [2.45, 2.75) is 51.1 Å². The van der Waals surface area contributed by atoms with E-state index in [1.807, 2.05) is 25.1 Å². The quantitative estimate of drug-likeness (QED) is 0.909. The molecule has 1 unspecified atom stereocenters. The monoisotopic (exact) mass is 328 g/mol. The van der Waals surface area contributed by atoms with Gasteiger partial charge in [-0.25, -0.2) is 9.78 Å². The minimum absolute atomic E-state index is 0.120. The predicted molar refractivity (Wildman–Crippen MR) is 93.9 cm³/mol. The highest BCUT2D eigenvalue weighted by Gasteiger charge is 2.23. The molecule has 2 N–H and O–H groups in total. The second-order valence-electron chi connectivity index (χ2n) is 6.54. The van der Waals surface area contributed by atoms with Gasteiger partial charge in [0.2, 0.25) is 0 Å². The standard InChI is InChI=1S/C18H24N4O2/c1-12(22(2)18(24)19-13-8-4-3-5-9-13)16-20-15-11-7-6-10-14(15)17(23)21-16/h6-7,10-13H,3-5,8-9H2,1-2H3,(H,19,24)(H,20,21,23). The molecule has 0 saturated heterocycles. The van der Waals surface area contributed by atoms with Crippen LogP contribution in [0.5, 0.6) is 0 Å². The van der Waals surface area contributed by atoms with Crippen LogP contribution in [0, 0.1) is 0 Å². The van der Waals surface area contributed by atoms with Gasteiger partial charge in [0.25, 0.3) is 5.56 Å². The van der Waals surface area contributed by atoms with Crippen LogP contribution in [0.4, 0.5) is 4.79 Å². The van der Waals surface area contributed by atoms with E-state index >= 15 is 0 Å². The average Bonchev–Trinajstić information content (AvgIpc) is 2.61. The zero-order chi connectivity index (χ0) is 17.1. The van der Waals surface area contributed by atoms with Crippen LogP contribution in [0.25, 0.3) is 10.9 Å². The van der Waals surface area contributed by atoms with Crippen molar-refractivity contribution in [3.63, 3.8) is 0 Å². The normalized spacial score (nSPS) is 16.8. The van der Waals surface area contributed by atoms with E-state index in [0.717, 1.165) is 12.8 Å². The predicted octanol–water partition coefficient (Wildman–Crippen LogP) is 2.96. The number of H-pyrrole nitrogens is 1. The third-order valence-electron chi connectivity index (χ3n) is 4.86. The molecule has 6 nitrogen and oxygen atoms in total. The Bertz CT molecular complexity index is 780. The van der Waals surface area contributed by atoms with E-state index in [9.17, 15) is 9.59 Å². The van der Waals surface area contributed by atoms with Crippen LogP contribution >= 0.6 is 0 Å². The zero-order valence-electron chi connectivity index (χ0n) is 14.2. The number of nitrogens with zero attached hydrogens (tertiary/aromatic N) is 2. The number of aromatic amines is 1. The molecular weight excluding hydrogens is 304 g/mol. The maximum absolute atomic E-state index is 12.5. The van der Waals surface area contributed by atoms with Gasteiger partial charge in [-0.1, -0.05) is 31.4 Å². The van der Waals surface area contributed by atoms with Crippen LogP contribution in [-0.4, -0.2) is 34.0 Å². The van der Waals surface area contributed by atoms with Gasteiger partial charge in [0.15, 0.2) is 0 Å². The van der Waals surface area contributed by atoms with Crippen molar-refractivity contribution in [3.05, 3.63) is 40.4 Å². The Morgan fingerprint density at radius 2 is 2.00 bits per heavy atom. The average molecular weight is 328 g/mol. The summed E-state index contributed by atoms with van der Waals surface area (Å²) in [6, 6.07) is 7.04. The first-order chi connectivity index (χ1) is 11.6. The van der Waals surface area contributed by atoms with Gasteiger partial charge in [0.1, 0.15) is 5.82 Å². The Morgan fingerprint density at radius 3 is 2.75 bits per heavy atom. The van der Waals surface area contributed by atoms with E-state index in [1.165, 1.54) is 19.3 Å². The first-order valence-corrected chi connectivity index (χ1v) is 8.58. The van der Waals surface area contributed by atoms with E-state index in [-0.39, 0.29) is 23.7 Å². The van der Waals surface area contributed by atoms with Crippen molar-refractivity contribution in [2.24, 2.45) is 0 Å². The molecule has 2 amide bonds. The van der Waals surface area contributed by atoms with Crippen molar-refractivity contribution in [1.29, 1.82) is 0 Å². The second-order valence-corrected chi connectivity index (χ2v) is 6.54. The van der Waals surface area contributed by atoms with E-state index in [1.54, 1.807) is 18.0 Å². The lowest BCUT2D eigenvalue weighted by Crippen LogP contribution is -2.45. The molecule has 24 heavy (non-hydrogen) atoms. The van der Waals surface area contributed by atoms with Gasteiger partial charge < -0.3 is 15.2 Å². The molecule has 128 valence electrons. The highest BCUT2D eigenvalue weighted by Crippen LogP contribution is 2.19. The lowest BCUT2D eigenvalue weighted by molar-refractivity contribution is 0.184. The number of hydrogen-bond donors (Lipinski definition) is 2. The molecule has 1 aromatic heterocycles. The van der Waals surface area contributed by atoms with Crippen molar-refractivity contribution >= 4 is 16.9 Å². The summed E-state index contributed by atoms with van der Waals surface area (Å²) in [4.78, 5) is 33.6. The Labute approximate surface area is 141 Å². The van der Waals surface area contributed by atoms with Crippen LogP contribution in [-0.2, 0) is 0 Å². The van der Waals surface area contributed by atoms with E-state index in [4.69, 9.17) is 0 Å². The summed E-state index contributed by atoms with van der Waals surface area (Å²) in [5.41, 5.74) is 0.465. The number of amides is 2. The third-order valence-corrected chi connectivity index (χ3v) is 4.86. The first kappa shape index (κ1) is 16.5. The summed E-state index contributed by atoms with van der Waals surface area (Å²) in [5.74, 6) is 0.500. The van der Waals surface area contributed by atoms with E-state index < -0.39 is 0 Å². The molecule has 2 aromatic rings. The number of carbonyl (C=O) groups excluding carboxylic acids is 1. The molecule has 0 spiro atoms. The number of rotatable bonds is 3. The number of fused-ring (bicyclic) bond motifs is 1. The molecule has 6 heteroatoms. The number of benzene rings is 1. The van der Waals surface area contributed by atoms with Crippen LogP contribution < -0.4 is 10.9 Å². The third kappa shape index (κ3) is 3.42. The summed E-state index contributed by atoms with van der Waals surface area (Å²) in [6.45, 7) is 1.87. The molecule has 0 radical (unpaired) electrons. The summed E-state index contributed by atoms with van der Waals surface area (Å²) in [5, 5.41) is 3.65. The Kier molecular flexibility index (Phi) is 4.83. The Morgan fingerprint density at radius 1 is 1.29 bits per heavy atom. The molecule has 1 aromatic carbocycles. The van der Waals surface area contributed by atoms with Gasteiger partial charge >= 0.3 is 6.03 Å². The molecule has 1 aliphatic carbocycles. The second kappa shape index (κ2) is 7.03. The maximum atomic E-state index is 12.5. The minimum atomic E-state index is -0.314. The van der Waals surface area contributed by atoms with Gasteiger partial charge in [-0.05, 0) is 31.9 Å². The molecule has 0 bridgehead atoms. The fraction of sp³-hybridized carbons (Fsp3) is 0.500. The molecule has 1 aliphatic rings. The fourth-order valence-electron chi connectivity index (χ4n) is 3.19. The molecule has 1 atom stereocenters. The van der Waals surface area contributed by atoms with E-state index in [0.29, 0.717) is 16.7 Å². The topological polar surface area (TPSA) is 78.1 Å². The maximum Gasteiger partial charge on any atom is 0.317 e. The minimum Gasteiger partial charge on any atom is -0.335 e. The molecular formula is C18H24N4O2. The molecule has 3 rings (SSSR count). The molecule has 1 saturated carbocycles. The number of nitrogens with one attached hydrogen (secondary N) is 2. The summed E-state index contributed by atoms with van der Waals surface area (Å²) >= 11 is 0. The van der Waals surface area contributed by atoms with Gasteiger partial charge in [0.05, 0.1) is 16.9 Å². The summed E-state index contributed by atoms with van der Waals surface area (Å²) in [7, 11) is 1.73. The Balaban J connectivity index is 1.76. The van der Waals surface area contributed by atoms with E-state index in [2.05, 4.69) is 15.3 Å². The smallest absolute Gasteiger partial charge is 0.317 e. The lowest BCUT2D eigenvalue weighted by atomic mass is 9.96. The lowest BCUT2D eigenvalue weighted by Gasteiger charge is -2.29. The molecule has 1 heterocycles. The number of para-hydroxylation sites is 1. The van der Waals surface area contributed by atoms with Crippen molar-refractivity contribution in [3.8, 4) is 0 Å². The van der Waals surface area contributed by atoms with Crippen molar-refractivity contribution < 1.29 is 4.79 Å². The highest BCUT2D eigenvalue weighted by molar-refractivity contribution is 5.77. The largest absolute Gasteiger partial charge is 0.335 e. The Hall–Kier alpha value is -2.37. The number of carbonyl (C=O) groups is 1. The van der Waals surface area contributed by atoms with Gasteiger partial charge in [-0.3, -0.25) is 4.79 Å². The van der Waals surface area contributed by atoms with Crippen LogP contribution in [0.2, 0.25) is 0 Å². The molecule has 1 fully saturated rings. The summed E-state index contributed by atoms with van der Waals surface area (Å²) in [6.07, 6.45) is 5.67. The van der Waals surface area contributed by atoms with Crippen molar-refractivity contribution in [2.75, 3.05) is 7.05 Å². The SMILES string of the molecule is CC(c1nc2ccccc2c(=O)[nH]1)N(C)C(=O)NC1CCCCC1. The zero-order valence-corrected chi connectivity index (χ0v) is 14.2. The van der Waals surface area contributed by atoms with Gasteiger partial charge in [-0.15, -0.1) is 0 Å². The summed E-state index contributed by atoms with van der Waals surface area (Å²) < 4.78 is 0. The van der Waals surface area contributed by atoms with Crippen LogP contribution in [0.3, 0.4) is 0 Å².